The molecule has 4 nitrogen and oxygen atoms in total. The summed E-state index contributed by atoms with van der Waals surface area (Å²) >= 11 is 0. The molecule has 122 valence electrons. The van der Waals surface area contributed by atoms with Crippen molar-refractivity contribution in [1.82, 2.24) is 5.32 Å². The first-order chi connectivity index (χ1) is 10.7. The Bertz CT molecular complexity index is 491. The second-order valence-corrected chi connectivity index (χ2v) is 6.72. The highest BCUT2D eigenvalue weighted by molar-refractivity contribution is 5.44. The van der Waals surface area contributed by atoms with Crippen LogP contribution in [-0.2, 0) is 6.42 Å². The number of nitrogens with one attached hydrogen (secondary N) is 1. The summed E-state index contributed by atoms with van der Waals surface area (Å²) in [5.74, 6) is 2.36. The average Bonchev–Trinajstić information content (AvgIpc) is 2.98. The van der Waals surface area contributed by atoms with Crippen molar-refractivity contribution < 1.29 is 14.6 Å². The minimum Gasteiger partial charge on any atom is -0.454 e. The Kier molecular flexibility index (Phi) is 5.21. The van der Waals surface area contributed by atoms with Gasteiger partial charge in [0.2, 0.25) is 6.79 Å². The van der Waals surface area contributed by atoms with E-state index < -0.39 is 0 Å². The zero-order valence-corrected chi connectivity index (χ0v) is 13.4. The first kappa shape index (κ1) is 15.6. The van der Waals surface area contributed by atoms with Gasteiger partial charge in [-0.25, -0.2) is 0 Å². The summed E-state index contributed by atoms with van der Waals surface area (Å²) in [5.41, 5.74) is 1.30. The molecule has 4 heteroatoms. The van der Waals surface area contributed by atoms with Crippen LogP contribution in [0.25, 0.3) is 0 Å². The van der Waals surface area contributed by atoms with Crippen molar-refractivity contribution in [2.75, 3.05) is 13.3 Å². The van der Waals surface area contributed by atoms with Gasteiger partial charge in [-0.1, -0.05) is 12.5 Å². The zero-order valence-electron chi connectivity index (χ0n) is 13.4. The van der Waals surface area contributed by atoms with Crippen LogP contribution in [0.1, 0.15) is 44.6 Å². The van der Waals surface area contributed by atoms with Crippen LogP contribution in [0, 0.1) is 5.92 Å². The molecule has 1 saturated carbocycles. The Morgan fingerprint density at radius 3 is 3.00 bits per heavy atom. The molecular weight excluding hydrogens is 278 g/mol. The highest BCUT2D eigenvalue weighted by atomic mass is 16.7. The monoisotopic (exact) mass is 305 g/mol. The van der Waals surface area contributed by atoms with Crippen LogP contribution in [0.3, 0.4) is 0 Å². The first-order valence-corrected chi connectivity index (χ1v) is 8.50. The van der Waals surface area contributed by atoms with Crippen molar-refractivity contribution in [3.8, 4) is 11.5 Å². The fourth-order valence-electron chi connectivity index (χ4n) is 3.40. The number of aliphatic hydroxyl groups is 1. The van der Waals surface area contributed by atoms with E-state index in [1.54, 1.807) is 0 Å². The van der Waals surface area contributed by atoms with Crippen LogP contribution in [-0.4, -0.2) is 30.6 Å². The number of ether oxygens (including phenoxy) is 2. The van der Waals surface area contributed by atoms with Gasteiger partial charge < -0.3 is 19.9 Å². The lowest BCUT2D eigenvalue weighted by molar-refractivity contribution is 0.0997. The summed E-state index contributed by atoms with van der Waals surface area (Å²) in [6.45, 7) is 3.61. The molecule has 1 aromatic rings. The number of fused-ring (bicyclic) bond motifs is 1. The van der Waals surface area contributed by atoms with E-state index in [4.69, 9.17) is 9.47 Å². The van der Waals surface area contributed by atoms with Gasteiger partial charge in [0.1, 0.15) is 0 Å². The van der Waals surface area contributed by atoms with Gasteiger partial charge in [-0.05, 0) is 69.2 Å². The molecule has 3 atom stereocenters. The van der Waals surface area contributed by atoms with Gasteiger partial charge in [-0.15, -0.1) is 0 Å². The largest absolute Gasteiger partial charge is 0.454 e. The minimum atomic E-state index is -0.0792. The van der Waals surface area contributed by atoms with E-state index in [2.05, 4.69) is 24.4 Å². The standard InChI is InChI=1S/C18H27NO3/c1-13(19-11-15-3-2-4-16(20)9-15)5-6-14-7-8-17-18(10-14)22-12-21-17/h7-8,10,13,15-16,19-20H,2-6,9,11-12H2,1H3. The van der Waals surface area contributed by atoms with Crippen LogP contribution >= 0.6 is 0 Å². The summed E-state index contributed by atoms with van der Waals surface area (Å²) in [5, 5.41) is 13.4. The molecule has 22 heavy (non-hydrogen) atoms. The third-order valence-electron chi connectivity index (χ3n) is 4.81. The third-order valence-corrected chi connectivity index (χ3v) is 4.81. The lowest BCUT2D eigenvalue weighted by atomic mass is 9.87. The number of aliphatic hydroxyl groups excluding tert-OH is 1. The summed E-state index contributed by atoms with van der Waals surface area (Å²) in [7, 11) is 0. The van der Waals surface area contributed by atoms with E-state index in [0.29, 0.717) is 18.8 Å². The molecule has 3 unspecified atom stereocenters. The lowest BCUT2D eigenvalue weighted by Crippen LogP contribution is -2.34. The number of hydrogen-bond donors (Lipinski definition) is 2. The second-order valence-electron chi connectivity index (χ2n) is 6.72. The highest BCUT2D eigenvalue weighted by Gasteiger charge is 2.20. The van der Waals surface area contributed by atoms with Crippen LogP contribution in [0.5, 0.6) is 11.5 Å². The molecule has 1 aliphatic carbocycles. The fraction of sp³-hybridized carbons (Fsp3) is 0.667. The van der Waals surface area contributed by atoms with Crippen molar-refractivity contribution in [1.29, 1.82) is 0 Å². The van der Waals surface area contributed by atoms with E-state index in [1.165, 1.54) is 18.4 Å². The van der Waals surface area contributed by atoms with Crippen molar-refractivity contribution in [3.63, 3.8) is 0 Å². The van der Waals surface area contributed by atoms with Crippen LogP contribution in [0.2, 0.25) is 0 Å². The van der Waals surface area contributed by atoms with E-state index in [9.17, 15) is 5.11 Å². The molecule has 0 radical (unpaired) electrons. The summed E-state index contributed by atoms with van der Waals surface area (Å²) in [6, 6.07) is 6.70. The molecule has 0 spiro atoms. The molecule has 0 aromatic heterocycles. The summed E-state index contributed by atoms with van der Waals surface area (Å²) in [6.07, 6.45) is 6.42. The van der Waals surface area contributed by atoms with Gasteiger partial charge in [0.05, 0.1) is 6.10 Å². The molecule has 2 aliphatic rings. The molecule has 1 aliphatic heterocycles. The Hall–Kier alpha value is -1.26. The third kappa shape index (κ3) is 4.14. The van der Waals surface area contributed by atoms with Gasteiger partial charge >= 0.3 is 0 Å². The van der Waals surface area contributed by atoms with Crippen molar-refractivity contribution in [2.45, 2.75) is 57.6 Å². The molecule has 3 rings (SSSR count). The van der Waals surface area contributed by atoms with Gasteiger partial charge in [-0.2, -0.15) is 0 Å². The molecule has 1 aromatic carbocycles. The van der Waals surface area contributed by atoms with Crippen LogP contribution in [0.4, 0.5) is 0 Å². The molecule has 0 bridgehead atoms. The molecule has 1 heterocycles. The second kappa shape index (κ2) is 7.34. The number of benzene rings is 1. The Labute approximate surface area is 132 Å². The number of hydrogen-bond acceptors (Lipinski definition) is 4. The number of rotatable bonds is 6. The average molecular weight is 305 g/mol. The summed E-state index contributed by atoms with van der Waals surface area (Å²) < 4.78 is 10.8. The molecule has 1 fully saturated rings. The van der Waals surface area contributed by atoms with Crippen LogP contribution < -0.4 is 14.8 Å². The van der Waals surface area contributed by atoms with E-state index in [0.717, 1.165) is 43.7 Å². The predicted octanol–water partition coefficient (Wildman–Crippen LogP) is 2.88. The SMILES string of the molecule is CC(CCc1ccc2c(c1)OCO2)NCC1CCCC(O)C1. The van der Waals surface area contributed by atoms with E-state index in [1.807, 2.05) is 6.07 Å². The van der Waals surface area contributed by atoms with Gasteiger partial charge in [0, 0.05) is 6.04 Å². The maximum absolute atomic E-state index is 9.72. The molecule has 2 N–H and O–H groups in total. The number of aryl methyl sites for hydroxylation is 1. The van der Waals surface area contributed by atoms with Crippen molar-refractivity contribution in [3.05, 3.63) is 23.8 Å². The highest BCUT2D eigenvalue weighted by Crippen LogP contribution is 2.32. The molecular formula is C18H27NO3. The van der Waals surface area contributed by atoms with Crippen LogP contribution in [0.15, 0.2) is 18.2 Å². The molecule has 0 saturated heterocycles. The minimum absolute atomic E-state index is 0.0792. The van der Waals surface area contributed by atoms with Gasteiger partial charge in [0.25, 0.3) is 0 Å². The smallest absolute Gasteiger partial charge is 0.231 e. The van der Waals surface area contributed by atoms with Gasteiger partial charge in [-0.3, -0.25) is 0 Å². The maximum Gasteiger partial charge on any atom is 0.231 e. The van der Waals surface area contributed by atoms with E-state index in [-0.39, 0.29) is 6.10 Å². The first-order valence-electron chi connectivity index (χ1n) is 8.50. The quantitative estimate of drug-likeness (QED) is 0.848. The Morgan fingerprint density at radius 1 is 1.27 bits per heavy atom. The van der Waals surface area contributed by atoms with Crippen molar-refractivity contribution in [2.24, 2.45) is 5.92 Å². The lowest BCUT2D eigenvalue weighted by Gasteiger charge is -2.27. The summed E-state index contributed by atoms with van der Waals surface area (Å²) in [4.78, 5) is 0. The maximum atomic E-state index is 9.72. The van der Waals surface area contributed by atoms with Gasteiger partial charge in [0.15, 0.2) is 11.5 Å². The van der Waals surface area contributed by atoms with Crippen molar-refractivity contribution >= 4 is 0 Å². The Balaban J connectivity index is 1.39. The molecule has 0 amide bonds. The topological polar surface area (TPSA) is 50.7 Å². The fourth-order valence-corrected chi connectivity index (χ4v) is 3.40. The van der Waals surface area contributed by atoms with E-state index >= 15 is 0 Å². The Morgan fingerprint density at radius 2 is 2.14 bits per heavy atom. The normalized spacial score (nSPS) is 25.2. The predicted molar refractivity (Wildman–Crippen MR) is 86.3 cm³/mol. The zero-order chi connectivity index (χ0) is 15.4.